The number of fused-ring (bicyclic) bond motifs is 5. The van der Waals surface area contributed by atoms with Gasteiger partial charge in [0.15, 0.2) is 11.5 Å². The molecule has 0 aromatic heterocycles. The summed E-state index contributed by atoms with van der Waals surface area (Å²) in [4.78, 5) is 36.7. The number of alkyl halides is 4. The van der Waals surface area contributed by atoms with E-state index in [1.54, 1.807) is 27.7 Å². The molecule has 0 aliphatic heterocycles. The fraction of sp³-hybridized carbons (Fsp3) is 0.731. The summed E-state index contributed by atoms with van der Waals surface area (Å²) < 4.78 is 44.2. The molecule has 4 aliphatic rings. The Labute approximate surface area is 219 Å². The maximum Gasteiger partial charge on any atom is 0.351 e. The molecule has 4 aliphatic carbocycles. The van der Waals surface area contributed by atoms with Crippen molar-refractivity contribution in [1.29, 1.82) is 0 Å². The molecule has 0 amide bonds. The minimum Gasteiger partial charge on any atom is -0.460 e. The minimum absolute atomic E-state index is 0.00600. The first-order valence-corrected chi connectivity index (χ1v) is 13.1. The molecule has 0 bridgehead atoms. The number of rotatable bonds is 4. The Kier molecular flexibility index (Phi) is 6.70. The highest BCUT2D eigenvalue weighted by atomic mass is 35.5. The predicted molar refractivity (Wildman–Crippen MR) is 129 cm³/mol. The molecule has 200 valence electrons. The number of aliphatic hydroxyl groups excluding tert-OH is 1. The van der Waals surface area contributed by atoms with Crippen molar-refractivity contribution in [2.45, 2.75) is 88.4 Å². The number of ether oxygens (including phenoxy) is 2. The molecule has 1 N–H and O–H groups in total. The Hall–Kier alpha value is -1.51. The summed E-state index contributed by atoms with van der Waals surface area (Å²) in [7, 11) is 0. The lowest BCUT2D eigenvalue weighted by molar-refractivity contribution is -0.240. The van der Waals surface area contributed by atoms with E-state index < -0.39 is 80.8 Å². The van der Waals surface area contributed by atoms with Crippen LogP contribution >= 0.6 is 23.2 Å². The summed E-state index contributed by atoms with van der Waals surface area (Å²) in [5.74, 6) is -4.71. The monoisotopic (exact) mass is 548 g/mol. The fourth-order valence-corrected chi connectivity index (χ4v) is 7.81. The molecule has 0 aromatic rings. The Bertz CT molecular complexity index is 1050. The van der Waals surface area contributed by atoms with Gasteiger partial charge < -0.3 is 14.6 Å². The van der Waals surface area contributed by atoms with E-state index in [-0.39, 0.29) is 24.8 Å². The van der Waals surface area contributed by atoms with Crippen LogP contribution in [0.2, 0.25) is 0 Å². The number of ketones is 1. The Morgan fingerprint density at radius 3 is 2.42 bits per heavy atom. The summed E-state index contributed by atoms with van der Waals surface area (Å²) in [6, 6.07) is 0. The zero-order chi connectivity index (χ0) is 27.0. The van der Waals surface area contributed by atoms with Crippen LogP contribution < -0.4 is 0 Å². The van der Waals surface area contributed by atoms with Gasteiger partial charge in [-0.15, -0.1) is 0 Å². The van der Waals surface area contributed by atoms with Gasteiger partial charge in [-0.05, 0) is 63.7 Å². The molecule has 0 spiro atoms. The topological polar surface area (TPSA) is 89.9 Å². The molecule has 0 aromatic carbocycles. The highest BCUT2D eigenvalue weighted by Gasteiger charge is 2.79. The van der Waals surface area contributed by atoms with E-state index in [9.17, 15) is 19.5 Å². The lowest BCUT2D eigenvalue weighted by Gasteiger charge is -2.63. The highest BCUT2D eigenvalue weighted by Crippen LogP contribution is 2.71. The summed E-state index contributed by atoms with van der Waals surface area (Å²) in [6.07, 6.45) is -0.539. The number of allylic oxidation sites excluding steroid dienone is 4. The molecular formula is C26H32Cl2F2O6. The molecule has 9 atom stereocenters. The molecule has 3 fully saturated rings. The van der Waals surface area contributed by atoms with Gasteiger partial charge in [0, 0.05) is 22.7 Å². The van der Waals surface area contributed by atoms with E-state index in [0.717, 1.165) is 6.08 Å². The van der Waals surface area contributed by atoms with E-state index in [1.807, 2.05) is 0 Å². The van der Waals surface area contributed by atoms with Gasteiger partial charge >= 0.3 is 11.9 Å². The van der Waals surface area contributed by atoms with Crippen LogP contribution in [0, 0.1) is 28.6 Å². The number of esters is 2. The zero-order valence-corrected chi connectivity index (χ0v) is 22.4. The predicted octanol–water partition coefficient (Wildman–Crippen LogP) is 4.59. The van der Waals surface area contributed by atoms with E-state index in [0.29, 0.717) is 0 Å². The number of carbonyl (C=O) groups is 3. The van der Waals surface area contributed by atoms with Crippen LogP contribution in [0.25, 0.3) is 0 Å². The molecule has 3 saturated carbocycles. The third kappa shape index (κ3) is 3.46. The van der Waals surface area contributed by atoms with Crippen LogP contribution in [0.15, 0.2) is 23.8 Å². The van der Waals surface area contributed by atoms with E-state index in [4.69, 9.17) is 32.7 Å². The summed E-state index contributed by atoms with van der Waals surface area (Å²) >= 11 is 11.5. The van der Waals surface area contributed by atoms with Gasteiger partial charge in [0.2, 0.25) is 10.4 Å². The molecule has 36 heavy (non-hydrogen) atoms. The Morgan fingerprint density at radius 2 is 1.83 bits per heavy atom. The van der Waals surface area contributed by atoms with Crippen molar-refractivity contribution in [3.8, 4) is 0 Å². The van der Waals surface area contributed by atoms with Crippen molar-refractivity contribution < 1.29 is 37.7 Å². The maximum atomic E-state index is 17.3. The van der Waals surface area contributed by atoms with Crippen molar-refractivity contribution in [3.05, 3.63) is 23.8 Å². The van der Waals surface area contributed by atoms with Crippen LogP contribution in [0.3, 0.4) is 0 Å². The lowest BCUT2D eigenvalue weighted by atomic mass is 9.44. The number of aliphatic hydroxyl groups is 1. The van der Waals surface area contributed by atoms with Crippen LogP contribution in [0.1, 0.15) is 53.9 Å². The average molecular weight is 549 g/mol. The smallest absolute Gasteiger partial charge is 0.351 e. The number of halogens is 4. The summed E-state index contributed by atoms with van der Waals surface area (Å²) in [6.45, 7) is 8.11. The van der Waals surface area contributed by atoms with Crippen molar-refractivity contribution >= 4 is 40.9 Å². The lowest BCUT2D eigenvalue weighted by Crippen LogP contribution is -2.71. The molecule has 0 unspecified atom stereocenters. The van der Waals surface area contributed by atoms with E-state index >= 15 is 8.78 Å². The zero-order valence-electron chi connectivity index (χ0n) is 20.9. The van der Waals surface area contributed by atoms with Crippen LogP contribution in [0.5, 0.6) is 0 Å². The quantitative estimate of drug-likeness (QED) is 0.408. The van der Waals surface area contributed by atoms with Gasteiger partial charge in [0.05, 0.1) is 12.2 Å². The van der Waals surface area contributed by atoms with Gasteiger partial charge in [-0.2, -0.15) is 0 Å². The molecule has 6 nitrogen and oxygen atoms in total. The number of hydrogen-bond acceptors (Lipinski definition) is 6. The van der Waals surface area contributed by atoms with Crippen molar-refractivity contribution in [2.24, 2.45) is 28.6 Å². The third-order valence-corrected chi connectivity index (χ3v) is 9.61. The first kappa shape index (κ1) is 27.5. The first-order chi connectivity index (χ1) is 16.6. The van der Waals surface area contributed by atoms with Crippen LogP contribution in [-0.2, 0) is 23.9 Å². The Balaban J connectivity index is 1.87. The molecule has 0 radical (unpaired) electrons. The molecule has 0 saturated heterocycles. The van der Waals surface area contributed by atoms with Crippen LogP contribution in [0.4, 0.5) is 8.78 Å². The molecular weight excluding hydrogens is 517 g/mol. The summed E-state index contributed by atoms with van der Waals surface area (Å²) in [5.41, 5.74) is -7.13. The van der Waals surface area contributed by atoms with Gasteiger partial charge in [-0.25, -0.2) is 18.4 Å². The standard InChI is InChI=1S/C26H32Cl2F2O6/c1-12(2)35-22(34)26(36-21(33)20(27)28)13(3)8-15-16-10-18(29)17-9-14(31)6-7-23(17,4)25(16,30)19(32)11-24(15,26)5/h6-7,9,12-13,15-16,18-20,32H,8,10-11H2,1-5H3/t13-,15+,16+,18+,19+,23+,24+,25+,26+/m1/s1. The van der Waals surface area contributed by atoms with E-state index in [2.05, 4.69) is 0 Å². The molecule has 0 heterocycles. The second-order valence-corrected chi connectivity index (χ2v) is 12.5. The van der Waals surface area contributed by atoms with Crippen molar-refractivity contribution in [3.63, 3.8) is 0 Å². The maximum absolute atomic E-state index is 17.3. The largest absolute Gasteiger partial charge is 0.460 e. The number of hydrogen-bond donors (Lipinski definition) is 1. The first-order valence-electron chi connectivity index (χ1n) is 12.2. The second kappa shape index (κ2) is 8.77. The summed E-state index contributed by atoms with van der Waals surface area (Å²) in [5, 5.41) is 11.5. The van der Waals surface area contributed by atoms with Crippen molar-refractivity contribution in [2.75, 3.05) is 0 Å². The van der Waals surface area contributed by atoms with Gasteiger partial charge in [-0.3, -0.25) is 4.79 Å². The number of carbonyl (C=O) groups excluding carboxylic acids is 3. The molecule has 10 heteroatoms. The second-order valence-electron chi connectivity index (χ2n) is 11.4. The fourth-order valence-electron chi connectivity index (χ4n) is 7.72. The van der Waals surface area contributed by atoms with Gasteiger partial charge in [0.1, 0.15) is 6.17 Å². The van der Waals surface area contributed by atoms with Crippen LogP contribution in [-0.4, -0.2) is 57.3 Å². The third-order valence-electron chi connectivity index (χ3n) is 9.25. The molecule has 4 rings (SSSR count). The highest BCUT2D eigenvalue weighted by molar-refractivity contribution is 6.53. The minimum atomic E-state index is -2.33. The normalized spacial score (nSPS) is 45.6. The van der Waals surface area contributed by atoms with Gasteiger partial charge in [-0.1, -0.05) is 43.1 Å². The Morgan fingerprint density at radius 1 is 1.19 bits per heavy atom. The van der Waals surface area contributed by atoms with Crippen molar-refractivity contribution in [1.82, 2.24) is 0 Å². The van der Waals surface area contributed by atoms with E-state index in [1.165, 1.54) is 19.1 Å². The average Bonchev–Trinajstić information content (AvgIpc) is 2.98. The van der Waals surface area contributed by atoms with Gasteiger partial charge in [0.25, 0.3) is 0 Å². The SMILES string of the molecule is CC(C)OC(=O)[C@@]1(OC(=O)C(Cl)Cl)[C@H](C)C[C@H]2[C@@H]3C[C@H](F)C4=CC(=O)C=C[C@]4(C)[C@@]3(F)[C@@H](O)C[C@@]21C.